The Labute approximate surface area is 203 Å². The summed E-state index contributed by atoms with van der Waals surface area (Å²) < 4.78 is 13.3. The van der Waals surface area contributed by atoms with Gasteiger partial charge in [-0.05, 0) is 41.5 Å². The summed E-state index contributed by atoms with van der Waals surface area (Å²) in [5.41, 5.74) is 2.61. The van der Waals surface area contributed by atoms with Crippen molar-refractivity contribution in [1.29, 1.82) is 5.26 Å². The number of carbonyl (C=O) groups excluding carboxylic acids is 1. The molecule has 1 N–H and O–H groups in total. The van der Waals surface area contributed by atoms with Gasteiger partial charge in [0.05, 0.1) is 7.11 Å². The number of amides is 1. The predicted octanol–water partition coefficient (Wildman–Crippen LogP) is 6.02. The molecule has 162 valence electrons. The van der Waals surface area contributed by atoms with Gasteiger partial charge >= 0.3 is 0 Å². The number of carbonyl (C=O) groups is 1. The Hall–Kier alpha value is -3.08. The Morgan fingerprint density at radius 1 is 1.06 bits per heavy atom. The van der Waals surface area contributed by atoms with Crippen LogP contribution in [-0.4, -0.2) is 13.0 Å². The summed E-state index contributed by atoms with van der Waals surface area (Å²) in [6.45, 7) is 0.700. The van der Waals surface area contributed by atoms with Crippen LogP contribution in [0, 0.1) is 11.3 Å². The van der Waals surface area contributed by atoms with Gasteiger partial charge < -0.3 is 14.8 Å². The van der Waals surface area contributed by atoms with E-state index in [1.54, 1.807) is 25.3 Å². The SMILES string of the molecule is COc1cc(/C=C(/C#N)C(=O)NCc2ccccc2)ccc1OCc1ccc(Br)cc1Br. The van der Waals surface area contributed by atoms with Crippen LogP contribution in [0.2, 0.25) is 0 Å². The lowest BCUT2D eigenvalue weighted by molar-refractivity contribution is -0.117. The fourth-order valence-electron chi connectivity index (χ4n) is 2.88. The fraction of sp³-hybridized carbons (Fsp3) is 0.120. The molecule has 0 unspecified atom stereocenters. The highest BCUT2D eigenvalue weighted by molar-refractivity contribution is 9.11. The van der Waals surface area contributed by atoms with E-state index in [2.05, 4.69) is 37.2 Å². The predicted molar refractivity (Wildman–Crippen MR) is 131 cm³/mol. The first kappa shape index (κ1) is 23.6. The van der Waals surface area contributed by atoms with Crippen molar-refractivity contribution in [3.05, 3.63) is 97.9 Å². The first-order chi connectivity index (χ1) is 15.5. The van der Waals surface area contributed by atoms with Crippen molar-refractivity contribution in [3.63, 3.8) is 0 Å². The number of hydrogen-bond donors (Lipinski definition) is 1. The van der Waals surface area contributed by atoms with Crippen LogP contribution in [0.25, 0.3) is 6.08 Å². The molecule has 0 aliphatic carbocycles. The number of nitriles is 1. The van der Waals surface area contributed by atoms with Crippen molar-refractivity contribution < 1.29 is 14.3 Å². The zero-order valence-corrected chi connectivity index (χ0v) is 20.4. The first-order valence-corrected chi connectivity index (χ1v) is 11.3. The second-order valence-electron chi connectivity index (χ2n) is 6.77. The minimum absolute atomic E-state index is 0.00967. The van der Waals surface area contributed by atoms with Crippen LogP contribution in [0.3, 0.4) is 0 Å². The number of nitrogens with zero attached hydrogens (tertiary/aromatic N) is 1. The molecule has 32 heavy (non-hydrogen) atoms. The molecule has 0 aromatic heterocycles. The van der Waals surface area contributed by atoms with Crippen LogP contribution in [0.15, 0.2) is 81.2 Å². The van der Waals surface area contributed by atoms with E-state index in [1.165, 1.54) is 6.08 Å². The minimum Gasteiger partial charge on any atom is -0.493 e. The Balaban J connectivity index is 1.71. The fourth-order valence-corrected chi connectivity index (χ4v) is 4.04. The molecule has 0 spiro atoms. The Bertz CT molecular complexity index is 1170. The molecule has 0 saturated carbocycles. The third-order valence-electron chi connectivity index (χ3n) is 4.56. The van der Waals surface area contributed by atoms with E-state index in [9.17, 15) is 10.1 Å². The molecule has 5 nitrogen and oxygen atoms in total. The molecule has 3 aromatic carbocycles. The van der Waals surface area contributed by atoms with Crippen molar-refractivity contribution in [1.82, 2.24) is 5.32 Å². The number of nitrogens with one attached hydrogen (secondary N) is 1. The largest absolute Gasteiger partial charge is 0.493 e. The molecule has 0 radical (unpaired) electrons. The number of rotatable bonds is 8. The lowest BCUT2D eigenvalue weighted by atomic mass is 10.1. The van der Waals surface area contributed by atoms with E-state index in [1.807, 2.05) is 54.6 Å². The molecule has 1 amide bonds. The van der Waals surface area contributed by atoms with Gasteiger partial charge in [0.2, 0.25) is 0 Å². The standard InChI is InChI=1S/C25H20Br2N2O3/c1-31-24-12-18(7-10-23(24)32-16-19-8-9-21(26)13-22(19)27)11-20(14-28)25(30)29-15-17-5-3-2-4-6-17/h2-13H,15-16H2,1H3,(H,29,30)/b20-11-. The molecular weight excluding hydrogens is 536 g/mol. The lowest BCUT2D eigenvalue weighted by Gasteiger charge is -2.12. The van der Waals surface area contributed by atoms with Crippen LogP contribution >= 0.6 is 31.9 Å². The van der Waals surface area contributed by atoms with E-state index >= 15 is 0 Å². The third-order valence-corrected chi connectivity index (χ3v) is 5.79. The molecule has 0 bridgehead atoms. The Morgan fingerprint density at radius 2 is 1.84 bits per heavy atom. The second-order valence-corrected chi connectivity index (χ2v) is 8.54. The summed E-state index contributed by atoms with van der Waals surface area (Å²) in [5.74, 6) is 0.635. The molecule has 0 aliphatic rings. The molecule has 0 fully saturated rings. The van der Waals surface area contributed by atoms with Crippen LogP contribution < -0.4 is 14.8 Å². The maximum Gasteiger partial charge on any atom is 0.262 e. The van der Waals surface area contributed by atoms with Crippen LogP contribution in [0.5, 0.6) is 11.5 Å². The Kier molecular flexibility index (Phi) is 8.48. The molecule has 0 atom stereocenters. The van der Waals surface area contributed by atoms with Crippen LogP contribution in [-0.2, 0) is 17.9 Å². The molecule has 7 heteroatoms. The van der Waals surface area contributed by atoms with Gasteiger partial charge in [0, 0.05) is 21.1 Å². The van der Waals surface area contributed by atoms with Gasteiger partial charge in [0.1, 0.15) is 18.2 Å². The average molecular weight is 556 g/mol. The van der Waals surface area contributed by atoms with E-state index in [0.29, 0.717) is 30.2 Å². The smallest absolute Gasteiger partial charge is 0.262 e. The minimum atomic E-state index is -0.435. The maximum absolute atomic E-state index is 12.4. The highest BCUT2D eigenvalue weighted by Crippen LogP contribution is 2.31. The topological polar surface area (TPSA) is 71.3 Å². The monoisotopic (exact) mass is 554 g/mol. The van der Waals surface area contributed by atoms with E-state index < -0.39 is 5.91 Å². The molecule has 0 aliphatic heterocycles. The van der Waals surface area contributed by atoms with Crippen molar-refractivity contribution in [3.8, 4) is 17.6 Å². The highest BCUT2D eigenvalue weighted by atomic mass is 79.9. The Morgan fingerprint density at radius 3 is 2.53 bits per heavy atom. The quantitative estimate of drug-likeness (QED) is 0.272. The molecule has 0 saturated heterocycles. The van der Waals surface area contributed by atoms with Gasteiger partial charge in [-0.1, -0.05) is 74.3 Å². The van der Waals surface area contributed by atoms with E-state index in [0.717, 1.165) is 20.1 Å². The van der Waals surface area contributed by atoms with Crippen molar-refractivity contribution >= 4 is 43.8 Å². The summed E-state index contributed by atoms with van der Waals surface area (Å²) in [4.78, 5) is 12.4. The van der Waals surface area contributed by atoms with Gasteiger partial charge in [-0.15, -0.1) is 0 Å². The van der Waals surface area contributed by atoms with Gasteiger partial charge in [-0.2, -0.15) is 5.26 Å². The van der Waals surface area contributed by atoms with Crippen molar-refractivity contribution in [2.75, 3.05) is 7.11 Å². The normalized spacial score (nSPS) is 10.9. The number of ether oxygens (including phenoxy) is 2. The summed E-state index contributed by atoms with van der Waals surface area (Å²) >= 11 is 6.96. The summed E-state index contributed by atoms with van der Waals surface area (Å²) in [6, 6.07) is 22.6. The number of benzene rings is 3. The van der Waals surface area contributed by atoms with Crippen molar-refractivity contribution in [2.24, 2.45) is 0 Å². The number of methoxy groups -OCH3 is 1. The number of hydrogen-bond acceptors (Lipinski definition) is 4. The second kappa shape index (κ2) is 11.5. The maximum atomic E-state index is 12.4. The van der Waals surface area contributed by atoms with Crippen molar-refractivity contribution in [2.45, 2.75) is 13.2 Å². The zero-order valence-electron chi connectivity index (χ0n) is 17.3. The lowest BCUT2D eigenvalue weighted by Crippen LogP contribution is -2.23. The van der Waals surface area contributed by atoms with Crippen LogP contribution in [0.1, 0.15) is 16.7 Å². The van der Waals surface area contributed by atoms with Gasteiger partial charge in [-0.25, -0.2) is 0 Å². The summed E-state index contributed by atoms with van der Waals surface area (Å²) in [6.07, 6.45) is 1.53. The molecule has 3 rings (SSSR count). The van der Waals surface area contributed by atoms with E-state index in [4.69, 9.17) is 9.47 Å². The molecule has 0 heterocycles. The summed E-state index contributed by atoms with van der Waals surface area (Å²) in [5, 5.41) is 12.2. The number of halogens is 2. The van der Waals surface area contributed by atoms with E-state index in [-0.39, 0.29) is 5.57 Å². The zero-order chi connectivity index (χ0) is 22.9. The van der Waals surface area contributed by atoms with Crippen LogP contribution in [0.4, 0.5) is 0 Å². The highest BCUT2D eigenvalue weighted by Gasteiger charge is 2.11. The summed E-state index contributed by atoms with van der Waals surface area (Å²) in [7, 11) is 1.54. The third kappa shape index (κ3) is 6.46. The average Bonchev–Trinajstić information content (AvgIpc) is 2.81. The molecular formula is C25H20Br2N2O3. The molecule has 3 aromatic rings. The van der Waals surface area contributed by atoms with Gasteiger partial charge in [0.25, 0.3) is 5.91 Å². The van der Waals surface area contributed by atoms with Gasteiger partial charge in [-0.3, -0.25) is 4.79 Å². The van der Waals surface area contributed by atoms with Gasteiger partial charge in [0.15, 0.2) is 11.5 Å². The first-order valence-electron chi connectivity index (χ1n) is 9.69.